The van der Waals surface area contributed by atoms with E-state index in [1.165, 1.54) is 11.3 Å². The predicted molar refractivity (Wildman–Crippen MR) is 93.2 cm³/mol. The molecule has 1 aliphatic rings. The van der Waals surface area contributed by atoms with E-state index in [2.05, 4.69) is 46.4 Å². The molecule has 23 heavy (non-hydrogen) atoms. The SMILES string of the molecule is CCCCNC(=O)c1ccc(N2CCCc3ccccc32)cn1. The summed E-state index contributed by atoms with van der Waals surface area (Å²) in [7, 11) is 0. The number of nitrogens with zero attached hydrogens (tertiary/aromatic N) is 2. The number of para-hydroxylation sites is 1. The lowest BCUT2D eigenvalue weighted by atomic mass is 10.0. The lowest BCUT2D eigenvalue weighted by Gasteiger charge is -2.31. The highest BCUT2D eigenvalue weighted by Gasteiger charge is 2.18. The van der Waals surface area contributed by atoms with Crippen LogP contribution in [0.3, 0.4) is 0 Å². The van der Waals surface area contributed by atoms with E-state index in [0.717, 1.165) is 37.9 Å². The third kappa shape index (κ3) is 3.52. The van der Waals surface area contributed by atoms with Gasteiger partial charge in [0.25, 0.3) is 5.91 Å². The normalized spacial score (nSPS) is 13.5. The van der Waals surface area contributed by atoms with E-state index in [9.17, 15) is 4.79 Å². The Morgan fingerprint density at radius 3 is 2.91 bits per heavy atom. The van der Waals surface area contributed by atoms with Crippen molar-refractivity contribution >= 4 is 17.3 Å². The van der Waals surface area contributed by atoms with Gasteiger partial charge in [0.2, 0.25) is 0 Å². The number of aryl methyl sites for hydroxylation is 1. The van der Waals surface area contributed by atoms with Gasteiger partial charge in [-0.25, -0.2) is 4.98 Å². The molecule has 0 radical (unpaired) electrons. The third-order valence-electron chi connectivity index (χ3n) is 4.22. The number of pyridine rings is 1. The van der Waals surface area contributed by atoms with Gasteiger partial charge >= 0.3 is 0 Å². The average Bonchev–Trinajstić information content (AvgIpc) is 2.61. The van der Waals surface area contributed by atoms with E-state index in [4.69, 9.17) is 0 Å². The minimum absolute atomic E-state index is 0.0935. The number of rotatable bonds is 5. The van der Waals surface area contributed by atoms with Gasteiger partial charge in [-0.05, 0) is 43.0 Å². The fraction of sp³-hybridized carbons (Fsp3) is 0.368. The van der Waals surface area contributed by atoms with Crippen LogP contribution in [-0.4, -0.2) is 24.0 Å². The molecular formula is C19H23N3O. The molecule has 0 atom stereocenters. The molecule has 2 aromatic rings. The molecule has 0 fully saturated rings. The second-order valence-corrected chi connectivity index (χ2v) is 5.89. The van der Waals surface area contributed by atoms with Crippen molar-refractivity contribution in [2.24, 2.45) is 0 Å². The number of hydrogen-bond donors (Lipinski definition) is 1. The van der Waals surface area contributed by atoms with Gasteiger partial charge in [-0.15, -0.1) is 0 Å². The van der Waals surface area contributed by atoms with Gasteiger partial charge in [-0.2, -0.15) is 0 Å². The number of benzene rings is 1. The molecule has 0 aliphatic carbocycles. The first-order valence-corrected chi connectivity index (χ1v) is 8.39. The number of aromatic nitrogens is 1. The van der Waals surface area contributed by atoms with Crippen LogP contribution in [-0.2, 0) is 6.42 Å². The predicted octanol–water partition coefficient (Wildman–Crippen LogP) is 3.70. The molecule has 0 spiro atoms. The van der Waals surface area contributed by atoms with Crippen LogP contribution in [0.15, 0.2) is 42.6 Å². The number of nitrogens with one attached hydrogen (secondary N) is 1. The summed E-state index contributed by atoms with van der Waals surface area (Å²) < 4.78 is 0. The largest absolute Gasteiger partial charge is 0.351 e. The molecule has 0 bridgehead atoms. The summed E-state index contributed by atoms with van der Waals surface area (Å²) in [6.45, 7) is 3.80. The molecule has 4 heteroatoms. The molecule has 120 valence electrons. The molecule has 1 aromatic heterocycles. The monoisotopic (exact) mass is 309 g/mol. The van der Waals surface area contributed by atoms with Crippen molar-refractivity contribution in [1.82, 2.24) is 10.3 Å². The highest BCUT2D eigenvalue weighted by atomic mass is 16.1. The smallest absolute Gasteiger partial charge is 0.269 e. The van der Waals surface area contributed by atoms with E-state index in [1.807, 2.05) is 12.1 Å². The molecule has 1 aliphatic heterocycles. The number of unbranched alkanes of at least 4 members (excludes halogenated alkanes) is 1. The van der Waals surface area contributed by atoms with E-state index < -0.39 is 0 Å². The quantitative estimate of drug-likeness (QED) is 0.857. The maximum absolute atomic E-state index is 12.0. The van der Waals surface area contributed by atoms with E-state index in [0.29, 0.717) is 12.2 Å². The lowest BCUT2D eigenvalue weighted by Crippen LogP contribution is -2.26. The molecule has 4 nitrogen and oxygen atoms in total. The second kappa shape index (κ2) is 7.27. The topological polar surface area (TPSA) is 45.2 Å². The van der Waals surface area contributed by atoms with E-state index >= 15 is 0 Å². The van der Waals surface area contributed by atoms with Gasteiger partial charge in [-0.3, -0.25) is 4.79 Å². The van der Waals surface area contributed by atoms with E-state index in [-0.39, 0.29) is 5.91 Å². The zero-order valence-corrected chi connectivity index (χ0v) is 13.6. The Bertz CT molecular complexity index is 667. The number of carbonyl (C=O) groups excluding carboxylic acids is 1. The molecule has 2 heterocycles. The van der Waals surface area contributed by atoms with Gasteiger partial charge in [0, 0.05) is 18.8 Å². The van der Waals surface area contributed by atoms with Crippen LogP contribution in [0.25, 0.3) is 0 Å². The Hall–Kier alpha value is -2.36. The summed E-state index contributed by atoms with van der Waals surface area (Å²) >= 11 is 0. The highest BCUT2D eigenvalue weighted by molar-refractivity contribution is 5.92. The first-order valence-electron chi connectivity index (χ1n) is 8.39. The van der Waals surface area contributed by atoms with Crippen molar-refractivity contribution in [2.45, 2.75) is 32.6 Å². The number of anilines is 2. The molecule has 0 saturated carbocycles. The van der Waals surface area contributed by atoms with Gasteiger partial charge in [-0.1, -0.05) is 31.5 Å². The van der Waals surface area contributed by atoms with Crippen LogP contribution in [0.4, 0.5) is 11.4 Å². The molecule has 1 aromatic carbocycles. The highest BCUT2D eigenvalue weighted by Crippen LogP contribution is 2.32. The summed E-state index contributed by atoms with van der Waals surface area (Å²) in [6.07, 6.45) is 6.13. The molecular weight excluding hydrogens is 286 g/mol. The Balaban J connectivity index is 1.74. The van der Waals surface area contributed by atoms with Crippen molar-refractivity contribution in [1.29, 1.82) is 0 Å². The maximum Gasteiger partial charge on any atom is 0.269 e. The number of fused-ring (bicyclic) bond motifs is 1. The summed E-state index contributed by atoms with van der Waals surface area (Å²) in [5.74, 6) is -0.0935. The summed E-state index contributed by atoms with van der Waals surface area (Å²) in [6, 6.07) is 12.3. The Morgan fingerprint density at radius 2 is 2.13 bits per heavy atom. The van der Waals surface area contributed by atoms with E-state index in [1.54, 1.807) is 6.20 Å². The minimum atomic E-state index is -0.0935. The number of amides is 1. The van der Waals surface area contributed by atoms with Crippen molar-refractivity contribution in [3.05, 3.63) is 53.9 Å². The molecule has 1 N–H and O–H groups in total. The number of carbonyl (C=O) groups is 1. The van der Waals surface area contributed by atoms with Crippen molar-refractivity contribution in [3.63, 3.8) is 0 Å². The van der Waals surface area contributed by atoms with Crippen molar-refractivity contribution < 1.29 is 4.79 Å². The van der Waals surface area contributed by atoms with Gasteiger partial charge in [0.05, 0.1) is 11.9 Å². The van der Waals surface area contributed by atoms with Gasteiger partial charge < -0.3 is 10.2 Å². The Morgan fingerprint density at radius 1 is 1.26 bits per heavy atom. The summed E-state index contributed by atoms with van der Waals surface area (Å²) in [5.41, 5.74) is 4.15. The maximum atomic E-state index is 12.0. The second-order valence-electron chi connectivity index (χ2n) is 5.89. The Labute approximate surface area is 137 Å². The van der Waals surface area contributed by atoms with Crippen LogP contribution in [0, 0.1) is 0 Å². The molecule has 1 amide bonds. The van der Waals surface area contributed by atoms with Crippen LogP contribution in [0.2, 0.25) is 0 Å². The fourth-order valence-corrected chi connectivity index (χ4v) is 2.95. The lowest BCUT2D eigenvalue weighted by molar-refractivity contribution is 0.0948. The standard InChI is InChI=1S/C19H23N3O/c1-2-3-12-20-19(23)17-11-10-16(14-21-17)22-13-6-8-15-7-4-5-9-18(15)22/h4-5,7,9-11,14H,2-3,6,8,12-13H2,1H3,(H,20,23). The van der Waals surface area contributed by atoms with Crippen LogP contribution in [0.1, 0.15) is 42.2 Å². The van der Waals surface area contributed by atoms with Crippen LogP contribution >= 0.6 is 0 Å². The van der Waals surface area contributed by atoms with Crippen LogP contribution < -0.4 is 10.2 Å². The minimum Gasteiger partial charge on any atom is -0.351 e. The molecule has 0 unspecified atom stereocenters. The van der Waals surface area contributed by atoms with Gasteiger partial charge in [0.1, 0.15) is 5.69 Å². The molecule has 0 saturated heterocycles. The molecule has 3 rings (SSSR count). The first kappa shape index (κ1) is 15.5. The fourth-order valence-electron chi connectivity index (χ4n) is 2.95. The zero-order chi connectivity index (χ0) is 16.1. The van der Waals surface area contributed by atoms with Crippen molar-refractivity contribution in [2.75, 3.05) is 18.0 Å². The Kier molecular flexibility index (Phi) is 4.91. The van der Waals surface area contributed by atoms with Crippen molar-refractivity contribution in [3.8, 4) is 0 Å². The summed E-state index contributed by atoms with van der Waals surface area (Å²) in [5, 5.41) is 2.90. The average molecular weight is 309 g/mol. The number of hydrogen-bond acceptors (Lipinski definition) is 3. The van der Waals surface area contributed by atoms with Crippen LogP contribution in [0.5, 0.6) is 0 Å². The van der Waals surface area contributed by atoms with Gasteiger partial charge in [0.15, 0.2) is 0 Å². The zero-order valence-electron chi connectivity index (χ0n) is 13.6. The third-order valence-corrected chi connectivity index (χ3v) is 4.22. The summed E-state index contributed by atoms with van der Waals surface area (Å²) in [4.78, 5) is 18.7. The first-order chi connectivity index (χ1) is 11.3.